The van der Waals surface area contributed by atoms with E-state index in [0.29, 0.717) is 17.1 Å². The largest absolute Gasteiger partial charge is 0.496 e. The van der Waals surface area contributed by atoms with E-state index >= 15 is 0 Å². The summed E-state index contributed by atoms with van der Waals surface area (Å²) in [6.45, 7) is 5.95. The number of benzene rings is 1. The summed E-state index contributed by atoms with van der Waals surface area (Å²) in [5, 5.41) is 7.54. The van der Waals surface area contributed by atoms with Gasteiger partial charge in [0.1, 0.15) is 5.75 Å². The van der Waals surface area contributed by atoms with Gasteiger partial charge in [0.15, 0.2) is 5.13 Å². The Kier molecular flexibility index (Phi) is 8.97. The number of anilines is 1. The van der Waals surface area contributed by atoms with Crippen LogP contribution in [0.1, 0.15) is 62.8 Å². The van der Waals surface area contributed by atoms with E-state index in [1.807, 2.05) is 10.4 Å². The normalized spacial score (nSPS) is 22.6. The van der Waals surface area contributed by atoms with Crippen LogP contribution >= 0.6 is 11.3 Å². The number of carbonyl (C=O) groups excluding carboxylic acids is 1. The van der Waals surface area contributed by atoms with E-state index in [4.69, 9.17) is 9.72 Å². The van der Waals surface area contributed by atoms with Crippen molar-refractivity contribution in [2.45, 2.75) is 63.3 Å². The minimum absolute atomic E-state index is 0.232. The zero-order valence-electron chi connectivity index (χ0n) is 22.4. The molecule has 2 saturated heterocycles. The first kappa shape index (κ1) is 26.4. The molecule has 3 aliphatic rings. The molecule has 1 aromatic heterocycles. The standard InChI is InChI=1S/C28H42N6O2S/c1-32-13-7-6-10-23(32)19-33-14-16-34(17-15-33)31-27(35)30-28-29-25(20-37-28)24-18-22(11-12-26(24)36-2)21-8-4-3-5-9-21/h11-12,18,20-21,23H,3-10,13-17,19H2,1-2H3,(H2,29,30,31,35). The number of thiazole rings is 1. The van der Waals surface area contributed by atoms with Gasteiger partial charge < -0.3 is 9.64 Å². The van der Waals surface area contributed by atoms with E-state index in [2.05, 4.69) is 45.8 Å². The lowest BCUT2D eigenvalue weighted by Crippen LogP contribution is -2.56. The summed E-state index contributed by atoms with van der Waals surface area (Å²) in [5.74, 6) is 1.43. The monoisotopic (exact) mass is 526 g/mol. The molecular weight excluding hydrogens is 484 g/mol. The van der Waals surface area contributed by atoms with Crippen LogP contribution < -0.4 is 15.5 Å². The summed E-state index contributed by atoms with van der Waals surface area (Å²) in [6, 6.07) is 6.93. The van der Waals surface area contributed by atoms with Crippen molar-refractivity contribution >= 4 is 22.5 Å². The molecule has 2 aliphatic heterocycles. The second-order valence-electron chi connectivity index (χ2n) is 10.8. The van der Waals surface area contributed by atoms with Crippen LogP contribution in [0.2, 0.25) is 0 Å². The highest BCUT2D eigenvalue weighted by Crippen LogP contribution is 2.38. The van der Waals surface area contributed by atoms with E-state index < -0.39 is 0 Å². The number of piperazine rings is 1. The third-order valence-electron chi connectivity index (χ3n) is 8.32. The van der Waals surface area contributed by atoms with Gasteiger partial charge in [-0.25, -0.2) is 14.8 Å². The number of rotatable bonds is 7. The molecule has 202 valence electrons. The van der Waals surface area contributed by atoms with Gasteiger partial charge in [0.25, 0.3) is 0 Å². The van der Waals surface area contributed by atoms with E-state index in [9.17, 15) is 4.79 Å². The number of nitrogens with one attached hydrogen (secondary N) is 2. The second kappa shape index (κ2) is 12.6. The highest BCUT2D eigenvalue weighted by Gasteiger charge is 2.25. The van der Waals surface area contributed by atoms with Gasteiger partial charge >= 0.3 is 6.03 Å². The Labute approximate surface area is 225 Å². The van der Waals surface area contributed by atoms with Crippen LogP contribution in [0.25, 0.3) is 11.3 Å². The lowest BCUT2D eigenvalue weighted by atomic mass is 9.83. The molecule has 1 atom stereocenters. The Morgan fingerprint density at radius 2 is 1.84 bits per heavy atom. The fraction of sp³-hybridized carbons (Fsp3) is 0.643. The quantitative estimate of drug-likeness (QED) is 0.529. The molecule has 0 spiro atoms. The number of nitrogens with zero attached hydrogens (tertiary/aromatic N) is 4. The van der Waals surface area contributed by atoms with Crippen LogP contribution in [0, 0.1) is 0 Å². The maximum Gasteiger partial charge on any atom is 0.335 e. The van der Waals surface area contributed by atoms with Crippen molar-refractivity contribution in [1.82, 2.24) is 25.2 Å². The fourth-order valence-electron chi connectivity index (χ4n) is 6.05. The number of carbonyl (C=O) groups is 1. The van der Waals surface area contributed by atoms with Crippen molar-refractivity contribution in [3.63, 3.8) is 0 Å². The number of hydrogen-bond donors (Lipinski definition) is 2. The Bertz CT molecular complexity index is 1030. The minimum Gasteiger partial charge on any atom is -0.496 e. The molecule has 1 aliphatic carbocycles. The van der Waals surface area contributed by atoms with Crippen LogP contribution in [-0.2, 0) is 0 Å². The molecule has 5 rings (SSSR count). The van der Waals surface area contributed by atoms with Crippen molar-refractivity contribution < 1.29 is 9.53 Å². The molecule has 2 aromatic rings. The third kappa shape index (κ3) is 6.82. The molecule has 9 heteroatoms. The molecule has 1 aromatic carbocycles. The highest BCUT2D eigenvalue weighted by atomic mass is 32.1. The van der Waals surface area contributed by atoms with Gasteiger partial charge in [0, 0.05) is 49.7 Å². The first-order valence-electron chi connectivity index (χ1n) is 14.0. The van der Waals surface area contributed by atoms with Gasteiger partial charge in [0.05, 0.1) is 12.8 Å². The van der Waals surface area contributed by atoms with E-state index in [1.165, 1.54) is 74.8 Å². The molecule has 2 amide bonds. The molecule has 37 heavy (non-hydrogen) atoms. The molecule has 0 bridgehead atoms. The lowest BCUT2D eigenvalue weighted by Gasteiger charge is -2.40. The molecule has 3 heterocycles. The number of urea groups is 1. The van der Waals surface area contributed by atoms with Crippen LogP contribution in [0.4, 0.5) is 9.93 Å². The molecule has 8 nitrogen and oxygen atoms in total. The van der Waals surface area contributed by atoms with Crippen LogP contribution in [0.3, 0.4) is 0 Å². The predicted octanol–water partition coefficient (Wildman–Crippen LogP) is 5.00. The average Bonchev–Trinajstić information content (AvgIpc) is 3.39. The Morgan fingerprint density at radius 3 is 2.59 bits per heavy atom. The predicted molar refractivity (Wildman–Crippen MR) is 150 cm³/mol. The maximum absolute atomic E-state index is 12.7. The topological polar surface area (TPSA) is 73.0 Å². The van der Waals surface area contributed by atoms with Gasteiger partial charge in [-0.1, -0.05) is 31.7 Å². The molecule has 2 N–H and O–H groups in total. The third-order valence-corrected chi connectivity index (χ3v) is 9.08. The first-order chi connectivity index (χ1) is 18.1. The van der Waals surface area contributed by atoms with E-state index in [0.717, 1.165) is 49.7 Å². The molecular formula is C28H42N6O2S. The summed E-state index contributed by atoms with van der Waals surface area (Å²) in [7, 11) is 3.95. The van der Waals surface area contributed by atoms with Gasteiger partial charge in [-0.05, 0) is 62.9 Å². The summed E-state index contributed by atoms with van der Waals surface area (Å²) in [4.78, 5) is 22.5. The Morgan fingerprint density at radius 1 is 1.05 bits per heavy atom. The highest BCUT2D eigenvalue weighted by molar-refractivity contribution is 7.14. The number of amides is 2. The van der Waals surface area contributed by atoms with E-state index in [1.54, 1.807) is 7.11 Å². The minimum atomic E-state index is -0.232. The summed E-state index contributed by atoms with van der Waals surface area (Å²) in [5.41, 5.74) is 6.22. The zero-order valence-corrected chi connectivity index (χ0v) is 23.2. The van der Waals surface area contributed by atoms with Crippen LogP contribution in [0.5, 0.6) is 5.75 Å². The smallest absolute Gasteiger partial charge is 0.335 e. The van der Waals surface area contributed by atoms with Crippen molar-refractivity contribution in [1.29, 1.82) is 0 Å². The summed E-state index contributed by atoms with van der Waals surface area (Å²) >= 11 is 1.45. The van der Waals surface area contributed by atoms with Crippen molar-refractivity contribution in [2.24, 2.45) is 0 Å². The Balaban J connectivity index is 1.13. The number of ether oxygens (including phenoxy) is 1. The number of likely N-dealkylation sites (N-methyl/N-ethyl adjacent to an activating group) is 1. The average molecular weight is 527 g/mol. The number of aromatic nitrogens is 1. The number of likely N-dealkylation sites (tertiary alicyclic amines) is 1. The molecule has 0 radical (unpaired) electrons. The molecule has 1 saturated carbocycles. The SMILES string of the molecule is COc1ccc(C2CCCCC2)cc1-c1csc(NC(=O)NN2CCN(CC3CCCCN3C)CC2)n1. The Hall–Kier alpha value is -2.20. The molecule has 1 unspecified atom stereocenters. The van der Waals surface area contributed by atoms with Gasteiger partial charge in [-0.2, -0.15) is 0 Å². The molecule has 3 fully saturated rings. The van der Waals surface area contributed by atoms with Crippen molar-refractivity contribution in [3.8, 4) is 17.0 Å². The van der Waals surface area contributed by atoms with Crippen LogP contribution in [0.15, 0.2) is 23.6 Å². The van der Waals surface area contributed by atoms with E-state index in [-0.39, 0.29) is 6.03 Å². The number of methoxy groups -OCH3 is 1. The van der Waals surface area contributed by atoms with Gasteiger partial charge in [-0.15, -0.1) is 11.3 Å². The fourth-order valence-corrected chi connectivity index (χ4v) is 6.76. The van der Waals surface area contributed by atoms with Gasteiger partial charge in [-0.3, -0.25) is 15.6 Å². The number of piperidine rings is 1. The van der Waals surface area contributed by atoms with Gasteiger partial charge in [0.2, 0.25) is 0 Å². The van der Waals surface area contributed by atoms with Crippen molar-refractivity contribution in [2.75, 3.05) is 58.7 Å². The lowest BCUT2D eigenvalue weighted by molar-refractivity contribution is 0.0689. The number of hydrazine groups is 1. The van der Waals surface area contributed by atoms with Crippen molar-refractivity contribution in [3.05, 3.63) is 29.1 Å². The maximum atomic E-state index is 12.7. The van der Waals surface area contributed by atoms with Crippen LogP contribution in [-0.4, -0.2) is 85.3 Å². The number of hydrogen-bond acceptors (Lipinski definition) is 7. The first-order valence-corrected chi connectivity index (χ1v) is 14.9. The summed E-state index contributed by atoms with van der Waals surface area (Å²) < 4.78 is 5.65. The summed E-state index contributed by atoms with van der Waals surface area (Å²) in [6.07, 6.45) is 10.4. The second-order valence-corrected chi connectivity index (χ2v) is 11.7. The zero-order chi connectivity index (χ0) is 25.6.